The van der Waals surface area contributed by atoms with Gasteiger partial charge < -0.3 is 5.32 Å². The minimum atomic E-state index is 0.281. The number of nitrogens with zero attached hydrogens (tertiary/aromatic N) is 3. The van der Waals surface area contributed by atoms with Crippen molar-refractivity contribution in [3.05, 3.63) is 46.1 Å². The third kappa shape index (κ3) is 2.43. The van der Waals surface area contributed by atoms with Gasteiger partial charge in [0.15, 0.2) is 5.82 Å². The Morgan fingerprint density at radius 1 is 1.24 bits per heavy atom. The van der Waals surface area contributed by atoms with E-state index in [9.17, 15) is 0 Å². The molecule has 108 valence electrons. The molecule has 0 saturated carbocycles. The van der Waals surface area contributed by atoms with E-state index in [-0.39, 0.29) is 6.04 Å². The fraction of sp³-hybridized carbons (Fsp3) is 0.286. The van der Waals surface area contributed by atoms with E-state index in [1.54, 1.807) is 11.8 Å². The molecule has 1 aromatic carbocycles. The van der Waals surface area contributed by atoms with Crippen LogP contribution in [0.3, 0.4) is 0 Å². The molecule has 0 aliphatic carbocycles. The minimum Gasteiger partial charge on any atom is -0.307 e. The Bertz CT molecular complexity index is 688. The topological polar surface area (TPSA) is 54.8 Å². The third-order valence-electron chi connectivity index (χ3n) is 3.70. The summed E-state index contributed by atoms with van der Waals surface area (Å²) in [6.07, 6.45) is 2.28. The van der Waals surface area contributed by atoms with Crippen molar-refractivity contribution in [2.45, 2.75) is 24.0 Å². The molecule has 1 aromatic heterocycles. The molecule has 1 saturated heterocycles. The first-order chi connectivity index (χ1) is 10.3. The molecule has 0 amide bonds. The van der Waals surface area contributed by atoms with Gasteiger partial charge in [0.2, 0.25) is 5.16 Å². The summed E-state index contributed by atoms with van der Waals surface area (Å²) < 4.78 is 1.98. The number of rotatable bonds is 2. The average Bonchev–Trinajstić information content (AvgIpc) is 3.16. The van der Waals surface area contributed by atoms with Gasteiger partial charge >= 0.3 is 0 Å². The van der Waals surface area contributed by atoms with Crippen molar-refractivity contribution in [2.24, 2.45) is 0 Å². The summed E-state index contributed by atoms with van der Waals surface area (Å²) in [7, 11) is 0. The number of thioether (sulfide) groups is 1. The van der Waals surface area contributed by atoms with Crippen molar-refractivity contribution >= 4 is 29.1 Å². The van der Waals surface area contributed by atoms with Crippen molar-refractivity contribution in [1.82, 2.24) is 20.2 Å². The van der Waals surface area contributed by atoms with E-state index in [0.29, 0.717) is 0 Å². The lowest BCUT2D eigenvalue weighted by Crippen LogP contribution is -2.24. The maximum Gasteiger partial charge on any atom is 0.214 e. The largest absolute Gasteiger partial charge is 0.307 e. The molecular formula is C14H14ClN5S. The summed E-state index contributed by atoms with van der Waals surface area (Å²) in [6.45, 7) is 1.04. The van der Waals surface area contributed by atoms with E-state index >= 15 is 0 Å². The summed E-state index contributed by atoms with van der Waals surface area (Å²) in [5.41, 5.74) is 5.53. The summed E-state index contributed by atoms with van der Waals surface area (Å²) >= 11 is 7.53. The zero-order chi connectivity index (χ0) is 14.2. The molecule has 1 atom stereocenters. The highest BCUT2D eigenvalue weighted by Gasteiger charge is 2.26. The van der Waals surface area contributed by atoms with Crippen LogP contribution in [0.15, 0.2) is 34.8 Å². The fourth-order valence-corrected chi connectivity index (χ4v) is 3.48. The zero-order valence-corrected chi connectivity index (χ0v) is 12.8. The van der Waals surface area contributed by atoms with Crippen molar-refractivity contribution < 1.29 is 0 Å². The fourth-order valence-electron chi connectivity index (χ4n) is 2.61. The van der Waals surface area contributed by atoms with Crippen LogP contribution in [0, 0.1) is 0 Å². The standard InChI is InChI=1S/C14H14ClN5S/c15-10-5-3-9(4-6-10)12-8-21-14-18-17-13(20(14)19-12)11-2-1-7-16-11/h3-6,8,11,16,19H,1-2,7H2/t11-/m1/s1. The molecule has 0 unspecified atom stereocenters. The highest BCUT2D eigenvalue weighted by molar-refractivity contribution is 8.02. The first-order valence-electron chi connectivity index (χ1n) is 6.90. The van der Waals surface area contributed by atoms with Gasteiger partial charge in [0.25, 0.3) is 0 Å². The number of hydrogen-bond donors (Lipinski definition) is 2. The van der Waals surface area contributed by atoms with Crippen LogP contribution >= 0.6 is 23.4 Å². The van der Waals surface area contributed by atoms with Gasteiger partial charge in [-0.05, 0) is 31.5 Å². The maximum atomic E-state index is 5.95. The Morgan fingerprint density at radius 2 is 2.10 bits per heavy atom. The first-order valence-corrected chi connectivity index (χ1v) is 8.15. The Morgan fingerprint density at radius 3 is 2.86 bits per heavy atom. The molecule has 2 aliphatic heterocycles. The van der Waals surface area contributed by atoms with E-state index < -0.39 is 0 Å². The van der Waals surface area contributed by atoms with Crippen molar-refractivity contribution in [3.63, 3.8) is 0 Å². The minimum absolute atomic E-state index is 0.281. The predicted octanol–water partition coefficient (Wildman–Crippen LogP) is 3.00. The Kier molecular flexibility index (Phi) is 3.37. The molecule has 1 fully saturated rings. The molecule has 2 aliphatic rings. The number of nitrogens with one attached hydrogen (secondary N) is 2. The predicted molar refractivity (Wildman–Crippen MR) is 84.6 cm³/mol. The normalized spacial score (nSPS) is 20.8. The van der Waals surface area contributed by atoms with Gasteiger partial charge in [-0.15, -0.1) is 10.2 Å². The van der Waals surface area contributed by atoms with Gasteiger partial charge in [-0.1, -0.05) is 35.5 Å². The monoisotopic (exact) mass is 319 g/mol. The van der Waals surface area contributed by atoms with Gasteiger partial charge in [-0.3, -0.25) is 5.43 Å². The molecule has 5 nitrogen and oxygen atoms in total. The molecule has 4 rings (SSSR count). The second-order valence-corrected chi connectivity index (χ2v) is 6.37. The number of hydrogen-bond acceptors (Lipinski definition) is 5. The first kappa shape index (κ1) is 13.2. The molecule has 7 heteroatoms. The highest BCUT2D eigenvalue weighted by Crippen LogP contribution is 2.31. The van der Waals surface area contributed by atoms with Gasteiger partial charge in [0.05, 0.1) is 11.7 Å². The molecule has 0 bridgehead atoms. The lowest BCUT2D eigenvalue weighted by atomic mass is 10.2. The molecule has 21 heavy (non-hydrogen) atoms. The van der Waals surface area contributed by atoms with Crippen molar-refractivity contribution in [2.75, 3.05) is 12.0 Å². The van der Waals surface area contributed by atoms with Crippen LogP contribution in [0.25, 0.3) is 5.70 Å². The summed E-state index contributed by atoms with van der Waals surface area (Å²) in [6, 6.07) is 8.08. The number of fused-ring (bicyclic) bond motifs is 1. The van der Waals surface area contributed by atoms with Crippen LogP contribution in [0.1, 0.15) is 30.3 Å². The smallest absolute Gasteiger partial charge is 0.214 e. The van der Waals surface area contributed by atoms with Crippen LogP contribution in [-0.4, -0.2) is 21.4 Å². The van der Waals surface area contributed by atoms with Crippen LogP contribution in [0.4, 0.5) is 0 Å². The number of aromatic nitrogens is 3. The second-order valence-electron chi connectivity index (χ2n) is 5.09. The summed E-state index contributed by atoms with van der Waals surface area (Å²) in [5, 5.41) is 15.7. The Balaban J connectivity index is 1.64. The van der Waals surface area contributed by atoms with E-state index in [0.717, 1.165) is 40.2 Å². The van der Waals surface area contributed by atoms with E-state index in [1.807, 2.05) is 28.9 Å². The molecular weight excluding hydrogens is 306 g/mol. The molecule has 0 radical (unpaired) electrons. The van der Waals surface area contributed by atoms with Crippen molar-refractivity contribution in [1.29, 1.82) is 0 Å². The highest BCUT2D eigenvalue weighted by atomic mass is 35.5. The summed E-state index contributed by atoms with van der Waals surface area (Å²) in [5.74, 6) is 0.953. The lowest BCUT2D eigenvalue weighted by molar-refractivity contribution is 0.577. The molecule has 0 spiro atoms. The SMILES string of the molecule is Clc1ccc(C2=CSc3nnc([C@H]4CCCN4)n3N2)cc1. The van der Waals surface area contributed by atoms with Gasteiger partial charge in [0, 0.05) is 16.0 Å². The van der Waals surface area contributed by atoms with Gasteiger partial charge in [-0.25, -0.2) is 4.68 Å². The van der Waals surface area contributed by atoms with E-state index in [1.165, 1.54) is 6.42 Å². The second kappa shape index (κ2) is 5.36. The van der Waals surface area contributed by atoms with Crippen LogP contribution in [0.5, 0.6) is 0 Å². The number of benzene rings is 1. The third-order valence-corrected chi connectivity index (χ3v) is 4.78. The maximum absolute atomic E-state index is 5.95. The molecule has 2 aromatic rings. The average molecular weight is 320 g/mol. The number of halogens is 1. The molecule has 3 heterocycles. The summed E-state index contributed by atoms with van der Waals surface area (Å²) in [4.78, 5) is 0. The van der Waals surface area contributed by atoms with Crippen molar-refractivity contribution in [3.8, 4) is 0 Å². The Labute approximate surface area is 131 Å². The van der Waals surface area contributed by atoms with Gasteiger partial charge in [-0.2, -0.15) is 0 Å². The van der Waals surface area contributed by atoms with E-state index in [2.05, 4.69) is 26.3 Å². The van der Waals surface area contributed by atoms with Crippen LogP contribution < -0.4 is 10.7 Å². The molecule has 2 N–H and O–H groups in total. The lowest BCUT2D eigenvalue weighted by Gasteiger charge is -2.20. The quantitative estimate of drug-likeness (QED) is 0.891. The van der Waals surface area contributed by atoms with E-state index in [4.69, 9.17) is 11.6 Å². The van der Waals surface area contributed by atoms with Crippen LogP contribution in [-0.2, 0) is 0 Å². The van der Waals surface area contributed by atoms with Gasteiger partial charge in [0.1, 0.15) is 0 Å². The zero-order valence-electron chi connectivity index (χ0n) is 11.2. The Hall–Kier alpha value is -1.50. The van der Waals surface area contributed by atoms with Crippen LogP contribution in [0.2, 0.25) is 5.02 Å².